The molecular formula is C16H18ClNO. The van der Waals surface area contributed by atoms with E-state index in [-0.39, 0.29) is 6.04 Å². The zero-order valence-corrected chi connectivity index (χ0v) is 11.9. The van der Waals surface area contributed by atoms with Gasteiger partial charge >= 0.3 is 0 Å². The smallest absolute Gasteiger partial charge is 0.115 e. The summed E-state index contributed by atoms with van der Waals surface area (Å²) < 4.78 is 0. The third-order valence-electron chi connectivity index (χ3n) is 3.22. The number of phenols is 1. The maximum absolute atomic E-state index is 9.34. The summed E-state index contributed by atoms with van der Waals surface area (Å²) in [5, 5.41) is 13.6. The number of benzene rings is 2. The van der Waals surface area contributed by atoms with Crippen molar-refractivity contribution in [2.24, 2.45) is 0 Å². The van der Waals surface area contributed by atoms with Crippen LogP contribution in [0.15, 0.2) is 42.5 Å². The first-order chi connectivity index (χ1) is 9.10. The monoisotopic (exact) mass is 275 g/mol. The zero-order chi connectivity index (χ0) is 13.8. The highest BCUT2D eigenvalue weighted by molar-refractivity contribution is 6.30. The van der Waals surface area contributed by atoms with Gasteiger partial charge in [0.15, 0.2) is 0 Å². The number of hydrogen-bond acceptors (Lipinski definition) is 2. The van der Waals surface area contributed by atoms with Crippen LogP contribution in [0.4, 0.5) is 5.69 Å². The van der Waals surface area contributed by atoms with Crippen molar-refractivity contribution in [1.82, 2.24) is 0 Å². The lowest BCUT2D eigenvalue weighted by Gasteiger charge is -2.20. The van der Waals surface area contributed by atoms with Gasteiger partial charge in [-0.1, -0.05) is 30.7 Å². The molecule has 0 amide bonds. The van der Waals surface area contributed by atoms with E-state index in [1.807, 2.05) is 37.3 Å². The number of anilines is 1. The first kappa shape index (κ1) is 13.8. The molecule has 2 nitrogen and oxygen atoms in total. The topological polar surface area (TPSA) is 32.3 Å². The average molecular weight is 276 g/mol. The zero-order valence-electron chi connectivity index (χ0n) is 11.2. The summed E-state index contributed by atoms with van der Waals surface area (Å²) in [6.07, 6.45) is 0.965. The summed E-state index contributed by atoms with van der Waals surface area (Å²) in [4.78, 5) is 0. The number of hydrogen-bond donors (Lipinski definition) is 2. The lowest BCUT2D eigenvalue weighted by Crippen LogP contribution is -2.10. The molecule has 2 N–H and O–H groups in total. The van der Waals surface area contributed by atoms with Crippen molar-refractivity contribution in [2.75, 3.05) is 5.32 Å². The van der Waals surface area contributed by atoms with Gasteiger partial charge in [0.25, 0.3) is 0 Å². The molecule has 2 rings (SSSR count). The molecule has 0 bridgehead atoms. The molecule has 19 heavy (non-hydrogen) atoms. The van der Waals surface area contributed by atoms with Crippen molar-refractivity contribution in [3.63, 3.8) is 0 Å². The summed E-state index contributed by atoms with van der Waals surface area (Å²) in [5.41, 5.74) is 3.38. The third kappa shape index (κ3) is 3.42. The Morgan fingerprint density at radius 1 is 1.16 bits per heavy atom. The van der Waals surface area contributed by atoms with E-state index in [0.29, 0.717) is 5.75 Å². The van der Waals surface area contributed by atoms with E-state index in [1.54, 1.807) is 12.1 Å². The molecule has 0 saturated carbocycles. The minimum absolute atomic E-state index is 0.223. The van der Waals surface area contributed by atoms with Crippen molar-refractivity contribution < 1.29 is 5.11 Å². The number of nitrogens with one attached hydrogen (secondary N) is 1. The summed E-state index contributed by atoms with van der Waals surface area (Å²) >= 11 is 5.97. The second kappa shape index (κ2) is 5.98. The van der Waals surface area contributed by atoms with Crippen molar-refractivity contribution >= 4 is 17.3 Å². The van der Waals surface area contributed by atoms with Gasteiger partial charge in [-0.2, -0.15) is 0 Å². The first-order valence-corrected chi connectivity index (χ1v) is 6.79. The molecule has 0 aliphatic carbocycles. The van der Waals surface area contributed by atoms with E-state index < -0.39 is 0 Å². The highest BCUT2D eigenvalue weighted by Crippen LogP contribution is 2.27. The van der Waals surface area contributed by atoms with Crippen LogP contribution in [-0.4, -0.2) is 5.11 Å². The van der Waals surface area contributed by atoms with Crippen molar-refractivity contribution in [3.05, 3.63) is 58.6 Å². The second-order valence-electron chi connectivity index (χ2n) is 4.66. The van der Waals surface area contributed by atoms with Crippen LogP contribution in [0, 0.1) is 6.92 Å². The molecule has 1 atom stereocenters. The molecule has 0 aliphatic rings. The van der Waals surface area contributed by atoms with Crippen molar-refractivity contribution in [2.45, 2.75) is 26.3 Å². The van der Waals surface area contributed by atoms with E-state index >= 15 is 0 Å². The lowest BCUT2D eigenvalue weighted by atomic mass is 10.0. The summed E-state index contributed by atoms with van der Waals surface area (Å²) in [5.74, 6) is 0.293. The standard InChI is InChI=1S/C16H18ClNO/c1-3-15(12-4-7-14(19)8-5-12)18-16-9-6-13(17)10-11(16)2/h4-10,15,18-19H,3H2,1-2H3. The summed E-state index contributed by atoms with van der Waals surface area (Å²) in [6.45, 7) is 4.17. The highest BCUT2D eigenvalue weighted by Gasteiger charge is 2.10. The van der Waals surface area contributed by atoms with E-state index in [2.05, 4.69) is 12.2 Å². The van der Waals surface area contributed by atoms with Crippen LogP contribution in [0.5, 0.6) is 5.75 Å². The van der Waals surface area contributed by atoms with Crippen LogP contribution in [-0.2, 0) is 0 Å². The summed E-state index contributed by atoms with van der Waals surface area (Å²) in [7, 11) is 0. The van der Waals surface area contributed by atoms with Gasteiger partial charge in [-0.15, -0.1) is 0 Å². The normalized spacial score (nSPS) is 12.2. The van der Waals surface area contributed by atoms with Crippen LogP contribution in [0.2, 0.25) is 5.02 Å². The van der Waals surface area contributed by atoms with Gasteiger partial charge in [-0.3, -0.25) is 0 Å². The molecule has 2 aromatic rings. The molecule has 2 aromatic carbocycles. The maximum Gasteiger partial charge on any atom is 0.115 e. The number of halogens is 1. The Morgan fingerprint density at radius 2 is 1.84 bits per heavy atom. The van der Waals surface area contributed by atoms with E-state index in [9.17, 15) is 5.11 Å². The predicted octanol–water partition coefficient (Wildman–Crippen LogP) is 4.92. The SMILES string of the molecule is CCC(Nc1ccc(Cl)cc1C)c1ccc(O)cc1. The molecular weight excluding hydrogens is 258 g/mol. The first-order valence-electron chi connectivity index (χ1n) is 6.41. The number of aromatic hydroxyl groups is 1. The second-order valence-corrected chi connectivity index (χ2v) is 5.09. The van der Waals surface area contributed by atoms with Gasteiger partial charge in [0.1, 0.15) is 5.75 Å². The quantitative estimate of drug-likeness (QED) is 0.830. The van der Waals surface area contributed by atoms with Gasteiger partial charge in [0, 0.05) is 10.7 Å². The Hall–Kier alpha value is -1.67. The Labute approximate surface area is 119 Å². The van der Waals surface area contributed by atoms with Crippen molar-refractivity contribution in [1.29, 1.82) is 0 Å². The molecule has 100 valence electrons. The molecule has 0 spiro atoms. The van der Waals surface area contributed by atoms with Gasteiger partial charge < -0.3 is 10.4 Å². The molecule has 0 fully saturated rings. The maximum atomic E-state index is 9.34. The van der Waals surface area contributed by atoms with Crippen molar-refractivity contribution in [3.8, 4) is 5.75 Å². The Kier molecular flexibility index (Phi) is 4.33. The molecule has 0 saturated heterocycles. The summed E-state index contributed by atoms with van der Waals surface area (Å²) in [6, 6.07) is 13.4. The molecule has 3 heteroatoms. The lowest BCUT2D eigenvalue weighted by molar-refractivity contribution is 0.475. The molecule has 0 aromatic heterocycles. The van der Waals surface area contributed by atoms with Crippen LogP contribution in [0.25, 0.3) is 0 Å². The van der Waals surface area contributed by atoms with E-state index in [4.69, 9.17) is 11.6 Å². The average Bonchev–Trinajstić information content (AvgIpc) is 2.39. The molecule has 0 radical (unpaired) electrons. The van der Waals surface area contributed by atoms with Gasteiger partial charge in [-0.05, 0) is 54.8 Å². The Balaban J connectivity index is 2.21. The van der Waals surface area contributed by atoms with Crippen LogP contribution < -0.4 is 5.32 Å². The fourth-order valence-corrected chi connectivity index (χ4v) is 2.33. The predicted molar refractivity (Wildman–Crippen MR) is 81.0 cm³/mol. The fourth-order valence-electron chi connectivity index (χ4n) is 2.10. The molecule has 1 unspecified atom stereocenters. The largest absolute Gasteiger partial charge is 0.508 e. The highest BCUT2D eigenvalue weighted by atomic mass is 35.5. The fraction of sp³-hybridized carbons (Fsp3) is 0.250. The molecule has 0 aliphatic heterocycles. The van der Waals surface area contributed by atoms with Crippen LogP contribution in [0.1, 0.15) is 30.5 Å². The van der Waals surface area contributed by atoms with E-state index in [0.717, 1.165) is 28.3 Å². The number of aryl methyl sites for hydroxylation is 1. The third-order valence-corrected chi connectivity index (χ3v) is 3.46. The van der Waals surface area contributed by atoms with Crippen LogP contribution in [0.3, 0.4) is 0 Å². The van der Waals surface area contributed by atoms with Gasteiger partial charge in [0.05, 0.1) is 6.04 Å². The number of phenolic OH excluding ortho intramolecular Hbond substituents is 1. The van der Waals surface area contributed by atoms with Gasteiger partial charge in [-0.25, -0.2) is 0 Å². The Bertz CT molecular complexity index is 551. The van der Waals surface area contributed by atoms with Crippen LogP contribution >= 0.6 is 11.6 Å². The minimum Gasteiger partial charge on any atom is -0.508 e. The minimum atomic E-state index is 0.223. The number of rotatable bonds is 4. The molecule has 0 heterocycles. The van der Waals surface area contributed by atoms with Gasteiger partial charge in [0.2, 0.25) is 0 Å². The van der Waals surface area contributed by atoms with E-state index in [1.165, 1.54) is 0 Å². The Morgan fingerprint density at radius 3 is 2.42 bits per heavy atom.